The Morgan fingerprint density at radius 3 is 2.59 bits per heavy atom. The van der Waals surface area contributed by atoms with Crippen LogP contribution in [0.5, 0.6) is 0 Å². The van der Waals surface area contributed by atoms with Crippen molar-refractivity contribution in [3.8, 4) is 0 Å². The minimum absolute atomic E-state index is 0.0836. The number of carbonyl (C=O) groups excluding carboxylic acids is 1. The van der Waals surface area contributed by atoms with Crippen LogP contribution in [0, 0.1) is 5.82 Å². The van der Waals surface area contributed by atoms with Gasteiger partial charge in [-0.3, -0.25) is 0 Å². The lowest BCUT2D eigenvalue weighted by Crippen LogP contribution is -2.45. The van der Waals surface area contributed by atoms with Crippen LogP contribution in [0.3, 0.4) is 0 Å². The van der Waals surface area contributed by atoms with Crippen LogP contribution in [-0.4, -0.2) is 50.4 Å². The van der Waals surface area contributed by atoms with E-state index in [-0.39, 0.29) is 18.0 Å². The number of ether oxygens (including phenoxy) is 2. The molecule has 122 valence electrons. The van der Waals surface area contributed by atoms with Crippen LogP contribution < -0.4 is 5.32 Å². The fraction of sp³-hybridized carbons (Fsp3) is 0.562. The molecule has 0 atom stereocenters. The molecule has 0 spiro atoms. The Kier molecular flexibility index (Phi) is 6.61. The van der Waals surface area contributed by atoms with Gasteiger partial charge in [-0.1, -0.05) is 12.1 Å². The SMILES string of the molecule is COCCOC1CCN(C(=O)NCc2ccc(F)cc2)CC1. The van der Waals surface area contributed by atoms with Crippen molar-refractivity contribution in [2.75, 3.05) is 33.4 Å². The average molecular weight is 310 g/mol. The van der Waals surface area contributed by atoms with E-state index in [4.69, 9.17) is 9.47 Å². The molecule has 0 saturated carbocycles. The minimum Gasteiger partial charge on any atom is -0.382 e. The summed E-state index contributed by atoms with van der Waals surface area (Å²) in [6.45, 7) is 2.97. The molecule has 1 aliphatic heterocycles. The molecule has 1 aromatic rings. The summed E-state index contributed by atoms with van der Waals surface area (Å²) >= 11 is 0. The number of urea groups is 1. The first-order valence-corrected chi connectivity index (χ1v) is 7.57. The Hall–Kier alpha value is -1.66. The molecule has 2 amide bonds. The second-order valence-electron chi connectivity index (χ2n) is 5.34. The lowest BCUT2D eigenvalue weighted by atomic mass is 10.1. The predicted molar refractivity (Wildman–Crippen MR) is 81.1 cm³/mol. The summed E-state index contributed by atoms with van der Waals surface area (Å²) in [6, 6.07) is 6.05. The molecule has 0 bridgehead atoms. The van der Waals surface area contributed by atoms with Gasteiger partial charge in [-0.25, -0.2) is 9.18 Å². The molecule has 0 radical (unpaired) electrons. The van der Waals surface area contributed by atoms with Crippen molar-refractivity contribution in [1.82, 2.24) is 10.2 Å². The number of likely N-dealkylation sites (tertiary alicyclic amines) is 1. The van der Waals surface area contributed by atoms with E-state index in [1.807, 2.05) is 0 Å². The molecule has 1 fully saturated rings. The third-order valence-corrected chi connectivity index (χ3v) is 3.73. The first-order chi connectivity index (χ1) is 10.7. The van der Waals surface area contributed by atoms with Crippen LogP contribution in [0.25, 0.3) is 0 Å². The van der Waals surface area contributed by atoms with Crippen molar-refractivity contribution in [2.45, 2.75) is 25.5 Å². The highest BCUT2D eigenvalue weighted by molar-refractivity contribution is 5.74. The number of methoxy groups -OCH3 is 1. The number of amides is 2. The van der Waals surface area contributed by atoms with E-state index < -0.39 is 0 Å². The Morgan fingerprint density at radius 2 is 1.95 bits per heavy atom. The monoisotopic (exact) mass is 310 g/mol. The number of rotatable bonds is 6. The van der Waals surface area contributed by atoms with E-state index in [1.54, 1.807) is 24.1 Å². The molecule has 1 heterocycles. The van der Waals surface area contributed by atoms with Gasteiger partial charge < -0.3 is 19.7 Å². The topological polar surface area (TPSA) is 50.8 Å². The van der Waals surface area contributed by atoms with E-state index in [9.17, 15) is 9.18 Å². The first kappa shape index (κ1) is 16.7. The van der Waals surface area contributed by atoms with Crippen molar-refractivity contribution < 1.29 is 18.7 Å². The number of hydrogen-bond acceptors (Lipinski definition) is 3. The van der Waals surface area contributed by atoms with Gasteiger partial charge in [0.15, 0.2) is 0 Å². The number of nitrogens with one attached hydrogen (secondary N) is 1. The standard InChI is InChI=1S/C16H23FN2O3/c1-21-10-11-22-15-6-8-19(9-7-15)16(20)18-12-13-2-4-14(17)5-3-13/h2-5,15H,6-12H2,1H3,(H,18,20). The zero-order chi connectivity index (χ0) is 15.8. The number of halogens is 1. The second kappa shape index (κ2) is 8.70. The van der Waals surface area contributed by atoms with Gasteiger partial charge in [-0.05, 0) is 30.5 Å². The zero-order valence-corrected chi connectivity index (χ0v) is 12.9. The molecule has 6 heteroatoms. The summed E-state index contributed by atoms with van der Waals surface area (Å²) in [6.07, 6.45) is 1.89. The third kappa shape index (κ3) is 5.27. The molecular formula is C16H23FN2O3. The number of benzene rings is 1. The van der Waals surface area contributed by atoms with Crippen LogP contribution in [0.2, 0.25) is 0 Å². The van der Waals surface area contributed by atoms with Gasteiger partial charge in [0.25, 0.3) is 0 Å². The highest BCUT2D eigenvalue weighted by atomic mass is 19.1. The molecule has 5 nitrogen and oxygen atoms in total. The Morgan fingerprint density at radius 1 is 1.27 bits per heavy atom. The largest absolute Gasteiger partial charge is 0.382 e. The molecule has 1 saturated heterocycles. The van der Waals surface area contributed by atoms with Gasteiger partial charge in [0.05, 0.1) is 19.3 Å². The van der Waals surface area contributed by atoms with E-state index >= 15 is 0 Å². The molecule has 1 N–H and O–H groups in total. The fourth-order valence-electron chi connectivity index (χ4n) is 2.42. The van der Waals surface area contributed by atoms with Crippen molar-refractivity contribution in [3.63, 3.8) is 0 Å². The van der Waals surface area contributed by atoms with Crippen molar-refractivity contribution >= 4 is 6.03 Å². The number of piperidine rings is 1. The van der Waals surface area contributed by atoms with Gasteiger partial charge in [0.1, 0.15) is 5.82 Å². The zero-order valence-electron chi connectivity index (χ0n) is 12.9. The third-order valence-electron chi connectivity index (χ3n) is 3.73. The van der Waals surface area contributed by atoms with Gasteiger partial charge in [-0.15, -0.1) is 0 Å². The molecule has 22 heavy (non-hydrogen) atoms. The predicted octanol–water partition coefficient (Wildman–Crippen LogP) is 2.16. The molecule has 0 unspecified atom stereocenters. The summed E-state index contributed by atoms with van der Waals surface area (Å²) in [5.41, 5.74) is 0.882. The van der Waals surface area contributed by atoms with E-state index in [0.29, 0.717) is 32.8 Å². The molecule has 2 rings (SSSR count). The van der Waals surface area contributed by atoms with E-state index in [0.717, 1.165) is 18.4 Å². The fourth-order valence-corrected chi connectivity index (χ4v) is 2.42. The highest BCUT2D eigenvalue weighted by Crippen LogP contribution is 2.14. The average Bonchev–Trinajstić information content (AvgIpc) is 2.55. The Bertz CT molecular complexity index is 459. The van der Waals surface area contributed by atoms with Crippen molar-refractivity contribution in [1.29, 1.82) is 0 Å². The lowest BCUT2D eigenvalue weighted by molar-refractivity contribution is -0.00920. The molecule has 1 aromatic carbocycles. The second-order valence-corrected chi connectivity index (χ2v) is 5.34. The summed E-state index contributed by atoms with van der Waals surface area (Å²) in [4.78, 5) is 13.9. The van der Waals surface area contributed by atoms with Gasteiger partial charge >= 0.3 is 6.03 Å². The molecule has 0 aromatic heterocycles. The van der Waals surface area contributed by atoms with Crippen LogP contribution >= 0.6 is 0 Å². The normalized spacial score (nSPS) is 15.8. The lowest BCUT2D eigenvalue weighted by Gasteiger charge is -2.32. The summed E-state index contributed by atoms with van der Waals surface area (Å²) in [7, 11) is 1.65. The maximum atomic E-state index is 12.8. The van der Waals surface area contributed by atoms with E-state index in [1.165, 1.54) is 12.1 Å². The van der Waals surface area contributed by atoms with E-state index in [2.05, 4.69) is 5.32 Å². The first-order valence-electron chi connectivity index (χ1n) is 7.57. The Labute approximate surface area is 130 Å². The van der Waals surface area contributed by atoms with Gasteiger partial charge in [-0.2, -0.15) is 0 Å². The molecule has 1 aliphatic rings. The molecule has 0 aliphatic carbocycles. The molecular weight excluding hydrogens is 287 g/mol. The summed E-state index contributed by atoms with van der Waals surface area (Å²) < 4.78 is 23.4. The quantitative estimate of drug-likeness (QED) is 0.819. The van der Waals surface area contributed by atoms with Gasteiger partial charge in [0, 0.05) is 26.7 Å². The number of carbonyl (C=O) groups is 1. The summed E-state index contributed by atoms with van der Waals surface area (Å²) in [5, 5.41) is 2.86. The maximum absolute atomic E-state index is 12.8. The van der Waals surface area contributed by atoms with Crippen LogP contribution in [0.4, 0.5) is 9.18 Å². The van der Waals surface area contributed by atoms with Gasteiger partial charge in [0.2, 0.25) is 0 Å². The summed E-state index contributed by atoms with van der Waals surface area (Å²) in [5.74, 6) is -0.273. The van der Waals surface area contributed by atoms with Crippen LogP contribution in [-0.2, 0) is 16.0 Å². The minimum atomic E-state index is -0.273. The smallest absolute Gasteiger partial charge is 0.317 e. The number of nitrogens with zero attached hydrogens (tertiary/aromatic N) is 1. The van der Waals surface area contributed by atoms with Crippen LogP contribution in [0.1, 0.15) is 18.4 Å². The Balaban J connectivity index is 1.67. The van der Waals surface area contributed by atoms with Crippen LogP contribution in [0.15, 0.2) is 24.3 Å². The maximum Gasteiger partial charge on any atom is 0.317 e. The highest BCUT2D eigenvalue weighted by Gasteiger charge is 2.22. The van der Waals surface area contributed by atoms with Crippen molar-refractivity contribution in [3.05, 3.63) is 35.6 Å². The van der Waals surface area contributed by atoms with Crippen molar-refractivity contribution in [2.24, 2.45) is 0 Å². The number of hydrogen-bond donors (Lipinski definition) is 1.